The van der Waals surface area contributed by atoms with Crippen LogP contribution in [0.15, 0.2) is 43.0 Å². The van der Waals surface area contributed by atoms with Crippen LogP contribution in [0.25, 0.3) is 5.52 Å². The van der Waals surface area contributed by atoms with Crippen molar-refractivity contribution in [2.45, 2.75) is 6.92 Å². The minimum absolute atomic E-state index is 0.221. The molecule has 3 rings (SSSR count). The molecular weight excluding hydrogens is 254 g/mol. The summed E-state index contributed by atoms with van der Waals surface area (Å²) in [7, 11) is 0. The highest BCUT2D eigenvalue weighted by Gasteiger charge is 2.13. The molecule has 1 amide bonds. The van der Waals surface area contributed by atoms with Gasteiger partial charge in [0, 0.05) is 23.8 Å². The van der Waals surface area contributed by atoms with E-state index in [1.54, 1.807) is 35.2 Å². The summed E-state index contributed by atoms with van der Waals surface area (Å²) in [6, 6.07) is 5.35. The van der Waals surface area contributed by atoms with Gasteiger partial charge in [-0.25, -0.2) is 4.52 Å². The normalized spacial score (nSPS) is 10.7. The van der Waals surface area contributed by atoms with Gasteiger partial charge in [-0.3, -0.25) is 9.78 Å². The summed E-state index contributed by atoms with van der Waals surface area (Å²) < 4.78 is 1.61. The minimum atomic E-state index is -0.221. The molecule has 2 heterocycles. The Hall–Kier alpha value is -2.89. The van der Waals surface area contributed by atoms with Crippen molar-refractivity contribution in [1.29, 1.82) is 0 Å². The van der Waals surface area contributed by atoms with Gasteiger partial charge in [0.2, 0.25) is 0 Å². The second kappa shape index (κ2) is 4.65. The number of amides is 1. The lowest BCUT2D eigenvalue weighted by Crippen LogP contribution is -2.12. The highest BCUT2D eigenvalue weighted by molar-refractivity contribution is 6.09. The van der Waals surface area contributed by atoms with Gasteiger partial charge >= 0.3 is 0 Å². The van der Waals surface area contributed by atoms with Crippen molar-refractivity contribution in [2.24, 2.45) is 0 Å². The molecule has 2 aromatic heterocycles. The van der Waals surface area contributed by atoms with E-state index >= 15 is 0 Å². The van der Waals surface area contributed by atoms with E-state index < -0.39 is 0 Å². The Morgan fingerprint density at radius 2 is 2.20 bits per heavy atom. The van der Waals surface area contributed by atoms with Crippen molar-refractivity contribution in [3.05, 3.63) is 54.1 Å². The molecule has 3 aromatic rings. The number of anilines is 2. The average molecular weight is 267 g/mol. The first-order chi connectivity index (χ1) is 9.65. The maximum atomic E-state index is 12.3. The predicted molar refractivity (Wildman–Crippen MR) is 76.5 cm³/mol. The first kappa shape index (κ1) is 12.2. The monoisotopic (exact) mass is 267 g/mol. The summed E-state index contributed by atoms with van der Waals surface area (Å²) in [5.74, 6) is -0.221. The van der Waals surface area contributed by atoms with Gasteiger partial charge < -0.3 is 11.1 Å². The topological polar surface area (TPSA) is 85.3 Å². The number of nitrogens with two attached hydrogens (primary N) is 1. The number of rotatable bonds is 2. The molecule has 0 aliphatic rings. The molecule has 6 heteroatoms. The summed E-state index contributed by atoms with van der Waals surface area (Å²) in [5, 5.41) is 6.97. The zero-order valence-corrected chi connectivity index (χ0v) is 10.9. The number of fused-ring (bicyclic) bond motifs is 1. The first-order valence-corrected chi connectivity index (χ1v) is 6.10. The van der Waals surface area contributed by atoms with E-state index in [1.165, 1.54) is 6.20 Å². The molecule has 0 spiro atoms. The van der Waals surface area contributed by atoms with Crippen molar-refractivity contribution >= 4 is 22.8 Å². The van der Waals surface area contributed by atoms with Crippen molar-refractivity contribution in [3.8, 4) is 0 Å². The van der Waals surface area contributed by atoms with Crippen LogP contribution in [0.3, 0.4) is 0 Å². The van der Waals surface area contributed by atoms with E-state index in [0.717, 1.165) is 11.3 Å². The fourth-order valence-corrected chi connectivity index (χ4v) is 2.03. The van der Waals surface area contributed by atoms with Crippen molar-refractivity contribution in [3.63, 3.8) is 0 Å². The quantitative estimate of drug-likeness (QED) is 0.694. The van der Waals surface area contributed by atoms with E-state index in [9.17, 15) is 4.79 Å². The van der Waals surface area contributed by atoms with Gasteiger partial charge in [0.15, 0.2) is 0 Å². The number of nitrogen functional groups attached to an aromatic ring is 1. The highest BCUT2D eigenvalue weighted by Crippen LogP contribution is 2.19. The van der Waals surface area contributed by atoms with Gasteiger partial charge in [0.25, 0.3) is 5.91 Å². The number of aryl methyl sites for hydroxylation is 1. The van der Waals surface area contributed by atoms with Crippen LogP contribution in [-0.2, 0) is 0 Å². The lowest BCUT2D eigenvalue weighted by molar-refractivity contribution is 0.102. The van der Waals surface area contributed by atoms with E-state index in [1.807, 2.05) is 13.0 Å². The summed E-state index contributed by atoms with van der Waals surface area (Å²) in [6.45, 7) is 1.89. The molecule has 0 fully saturated rings. The SMILES string of the molecule is Cc1cc(N)ccc1NC(=O)c1cnn2ccncc12. The Morgan fingerprint density at radius 3 is 3.00 bits per heavy atom. The lowest BCUT2D eigenvalue weighted by atomic mass is 10.1. The van der Waals surface area contributed by atoms with Gasteiger partial charge in [-0.1, -0.05) is 0 Å². The third-order valence-electron chi connectivity index (χ3n) is 3.07. The first-order valence-electron chi connectivity index (χ1n) is 6.10. The largest absolute Gasteiger partial charge is 0.399 e. The lowest BCUT2D eigenvalue weighted by Gasteiger charge is -2.08. The summed E-state index contributed by atoms with van der Waals surface area (Å²) in [6.07, 6.45) is 6.45. The molecule has 1 aromatic carbocycles. The second-order valence-corrected chi connectivity index (χ2v) is 4.49. The van der Waals surface area contributed by atoms with Crippen LogP contribution < -0.4 is 11.1 Å². The van der Waals surface area contributed by atoms with Gasteiger partial charge in [-0.15, -0.1) is 0 Å². The zero-order valence-electron chi connectivity index (χ0n) is 10.9. The van der Waals surface area contributed by atoms with E-state index in [4.69, 9.17) is 5.73 Å². The summed E-state index contributed by atoms with van der Waals surface area (Å²) in [4.78, 5) is 16.3. The maximum Gasteiger partial charge on any atom is 0.259 e. The molecule has 0 unspecified atom stereocenters. The van der Waals surface area contributed by atoms with Crippen LogP contribution in [0.2, 0.25) is 0 Å². The number of aromatic nitrogens is 3. The van der Waals surface area contributed by atoms with Crippen LogP contribution in [0.1, 0.15) is 15.9 Å². The molecular formula is C14H13N5O. The fraction of sp³-hybridized carbons (Fsp3) is 0.0714. The Kier molecular flexibility index (Phi) is 2.83. The fourth-order valence-electron chi connectivity index (χ4n) is 2.03. The van der Waals surface area contributed by atoms with Gasteiger partial charge in [-0.2, -0.15) is 5.10 Å². The molecule has 100 valence electrons. The van der Waals surface area contributed by atoms with Crippen LogP contribution in [-0.4, -0.2) is 20.5 Å². The van der Waals surface area contributed by atoms with Crippen LogP contribution >= 0.6 is 0 Å². The Bertz CT molecular complexity index is 793. The van der Waals surface area contributed by atoms with E-state index in [-0.39, 0.29) is 5.91 Å². The van der Waals surface area contributed by atoms with Gasteiger partial charge in [0.05, 0.1) is 23.5 Å². The van der Waals surface area contributed by atoms with E-state index in [2.05, 4.69) is 15.4 Å². The molecule has 6 nitrogen and oxygen atoms in total. The van der Waals surface area contributed by atoms with E-state index in [0.29, 0.717) is 16.8 Å². The molecule has 0 bridgehead atoms. The molecule has 3 N–H and O–H groups in total. The molecule has 20 heavy (non-hydrogen) atoms. The highest BCUT2D eigenvalue weighted by atomic mass is 16.1. The van der Waals surface area contributed by atoms with Gasteiger partial charge in [0.1, 0.15) is 0 Å². The average Bonchev–Trinajstić information content (AvgIpc) is 2.86. The smallest absolute Gasteiger partial charge is 0.259 e. The number of nitrogens with zero attached hydrogens (tertiary/aromatic N) is 3. The molecule has 0 saturated heterocycles. The standard InChI is InChI=1S/C14H13N5O/c1-9-6-10(15)2-3-12(9)18-14(20)11-7-17-19-5-4-16-8-13(11)19/h2-8H,15H2,1H3,(H,18,20). The Morgan fingerprint density at radius 1 is 1.35 bits per heavy atom. The number of hydrogen-bond acceptors (Lipinski definition) is 4. The van der Waals surface area contributed by atoms with Crippen LogP contribution in [0, 0.1) is 6.92 Å². The number of hydrogen-bond donors (Lipinski definition) is 2. The minimum Gasteiger partial charge on any atom is -0.399 e. The molecule has 0 atom stereocenters. The molecule has 0 radical (unpaired) electrons. The second-order valence-electron chi connectivity index (χ2n) is 4.49. The van der Waals surface area contributed by atoms with Crippen LogP contribution in [0.5, 0.6) is 0 Å². The maximum absolute atomic E-state index is 12.3. The summed E-state index contributed by atoms with van der Waals surface area (Å²) >= 11 is 0. The third-order valence-corrected chi connectivity index (χ3v) is 3.07. The zero-order chi connectivity index (χ0) is 14.1. The van der Waals surface area contributed by atoms with Crippen LogP contribution in [0.4, 0.5) is 11.4 Å². The number of nitrogens with one attached hydrogen (secondary N) is 1. The third kappa shape index (κ3) is 2.07. The Balaban J connectivity index is 1.93. The van der Waals surface area contributed by atoms with Crippen molar-refractivity contribution < 1.29 is 4.79 Å². The number of carbonyl (C=O) groups excluding carboxylic acids is 1. The van der Waals surface area contributed by atoms with Gasteiger partial charge in [-0.05, 0) is 30.7 Å². The summed E-state index contributed by atoms with van der Waals surface area (Å²) in [5.41, 5.74) is 9.15. The molecule has 0 saturated carbocycles. The molecule has 0 aliphatic heterocycles. The van der Waals surface area contributed by atoms with Crippen molar-refractivity contribution in [2.75, 3.05) is 11.1 Å². The Labute approximate surface area is 115 Å². The van der Waals surface area contributed by atoms with Crippen molar-refractivity contribution in [1.82, 2.24) is 14.6 Å². The molecule has 0 aliphatic carbocycles. The number of benzene rings is 1. The predicted octanol–water partition coefficient (Wildman–Crippen LogP) is 1.87. The number of carbonyl (C=O) groups is 1.